The Morgan fingerprint density at radius 3 is 2.36 bits per heavy atom. The molecule has 1 N–H and O–H groups in total. The van der Waals surface area contributed by atoms with Gasteiger partial charge in [0.05, 0.1) is 10.0 Å². The first kappa shape index (κ1) is 25.7. The number of hydrogen-bond donors (Lipinski definition) is 1. The summed E-state index contributed by atoms with van der Waals surface area (Å²) in [5.41, 5.74) is 0.785. The number of nitrogens with one attached hydrogen (secondary N) is 1. The van der Waals surface area contributed by atoms with Gasteiger partial charge in [-0.25, -0.2) is 0 Å². The maximum absolute atomic E-state index is 13.3. The minimum atomic E-state index is -0.623. The van der Waals surface area contributed by atoms with Crippen LogP contribution in [0.1, 0.15) is 51.0 Å². The van der Waals surface area contributed by atoms with Crippen molar-refractivity contribution in [1.82, 2.24) is 10.2 Å². The third-order valence-electron chi connectivity index (χ3n) is 5.85. The topological polar surface area (TPSA) is 58.6 Å². The van der Waals surface area contributed by atoms with Gasteiger partial charge < -0.3 is 15.0 Å². The van der Waals surface area contributed by atoms with Gasteiger partial charge in [0.2, 0.25) is 5.91 Å². The summed E-state index contributed by atoms with van der Waals surface area (Å²) in [5.74, 6) is 0.105. The summed E-state index contributed by atoms with van der Waals surface area (Å²) in [5, 5.41) is 4.58. The smallest absolute Gasteiger partial charge is 0.261 e. The largest absolute Gasteiger partial charge is 0.484 e. The molecule has 2 aromatic carbocycles. The summed E-state index contributed by atoms with van der Waals surface area (Å²) in [4.78, 5) is 28.0. The second-order valence-corrected chi connectivity index (χ2v) is 9.53. The van der Waals surface area contributed by atoms with E-state index in [4.69, 9.17) is 39.5 Å². The molecule has 2 aromatic rings. The van der Waals surface area contributed by atoms with Crippen molar-refractivity contribution in [2.24, 2.45) is 0 Å². The Hall–Kier alpha value is -1.95. The minimum absolute atomic E-state index is 0.135. The summed E-state index contributed by atoms with van der Waals surface area (Å²) >= 11 is 18.2. The second kappa shape index (κ2) is 12.5. The van der Waals surface area contributed by atoms with E-state index in [1.807, 2.05) is 6.92 Å². The summed E-state index contributed by atoms with van der Waals surface area (Å²) in [6.07, 6.45) is 5.86. The third kappa shape index (κ3) is 7.53. The lowest BCUT2D eigenvalue weighted by Crippen LogP contribution is -2.52. The monoisotopic (exact) mass is 510 g/mol. The van der Waals surface area contributed by atoms with Gasteiger partial charge in [-0.2, -0.15) is 0 Å². The molecule has 1 unspecified atom stereocenters. The van der Waals surface area contributed by atoms with Crippen molar-refractivity contribution < 1.29 is 14.3 Å². The van der Waals surface area contributed by atoms with Gasteiger partial charge in [-0.15, -0.1) is 0 Å². The van der Waals surface area contributed by atoms with E-state index in [0.29, 0.717) is 27.2 Å². The predicted octanol–water partition coefficient (Wildman–Crippen LogP) is 6.28. The number of benzene rings is 2. The van der Waals surface area contributed by atoms with Crippen LogP contribution in [0.5, 0.6) is 5.75 Å². The Bertz CT molecular complexity index is 946. The first-order valence-electron chi connectivity index (χ1n) is 11.3. The fraction of sp³-hybridized carbons (Fsp3) is 0.440. The van der Waals surface area contributed by atoms with E-state index in [-0.39, 0.29) is 31.0 Å². The zero-order chi connectivity index (χ0) is 23.8. The number of rotatable bonds is 9. The van der Waals surface area contributed by atoms with Gasteiger partial charge in [-0.3, -0.25) is 9.59 Å². The molecular formula is C25H29Cl3N2O3. The van der Waals surface area contributed by atoms with Crippen LogP contribution in [0.2, 0.25) is 15.1 Å². The average Bonchev–Trinajstić information content (AvgIpc) is 2.81. The molecule has 1 aliphatic carbocycles. The van der Waals surface area contributed by atoms with Crippen LogP contribution in [0.15, 0.2) is 42.5 Å². The fourth-order valence-electron chi connectivity index (χ4n) is 4.06. The summed E-state index contributed by atoms with van der Waals surface area (Å²) < 4.78 is 5.68. The predicted molar refractivity (Wildman–Crippen MR) is 133 cm³/mol. The van der Waals surface area contributed by atoms with Crippen molar-refractivity contribution in [3.8, 4) is 5.75 Å². The van der Waals surface area contributed by atoms with E-state index in [9.17, 15) is 9.59 Å². The summed E-state index contributed by atoms with van der Waals surface area (Å²) in [7, 11) is 0. The molecule has 2 amide bonds. The Balaban J connectivity index is 1.77. The molecule has 3 rings (SSSR count). The van der Waals surface area contributed by atoms with E-state index in [0.717, 1.165) is 31.2 Å². The quantitative estimate of drug-likeness (QED) is 0.431. The zero-order valence-electron chi connectivity index (χ0n) is 18.7. The van der Waals surface area contributed by atoms with Crippen molar-refractivity contribution in [3.05, 3.63) is 63.1 Å². The van der Waals surface area contributed by atoms with Crippen LogP contribution in [0.4, 0.5) is 0 Å². The first-order valence-corrected chi connectivity index (χ1v) is 12.4. The van der Waals surface area contributed by atoms with Gasteiger partial charge in [0.15, 0.2) is 6.61 Å². The van der Waals surface area contributed by atoms with Crippen molar-refractivity contribution in [1.29, 1.82) is 0 Å². The second-order valence-electron chi connectivity index (χ2n) is 8.28. The number of carbonyl (C=O) groups is 2. The van der Waals surface area contributed by atoms with Crippen LogP contribution in [0.3, 0.4) is 0 Å². The highest BCUT2D eigenvalue weighted by atomic mass is 35.5. The average molecular weight is 512 g/mol. The van der Waals surface area contributed by atoms with Crippen LogP contribution >= 0.6 is 34.8 Å². The van der Waals surface area contributed by atoms with E-state index < -0.39 is 6.04 Å². The van der Waals surface area contributed by atoms with Crippen molar-refractivity contribution in [2.45, 2.75) is 64.1 Å². The van der Waals surface area contributed by atoms with E-state index in [2.05, 4.69) is 5.32 Å². The molecule has 0 saturated heterocycles. The molecule has 178 valence electrons. The van der Waals surface area contributed by atoms with Crippen molar-refractivity contribution in [3.63, 3.8) is 0 Å². The normalized spacial score (nSPS) is 15.0. The van der Waals surface area contributed by atoms with Gasteiger partial charge in [0.25, 0.3) is 5.91 Å². The lowest BCUT2D eigenvalue weighted by atomic mass is 9.95. The van der Waals surface area contributed by atoms with Crippen LogP contribution < -0.4 is 10.1 Å². The SMILES string of the molecule is CCC(C(=O)NC1CCCCC1)N(Cc1ccc(Cl)c(Cl)c1)C(=O)COc1ccc(Cl)cc1. The molecule has 1 saturated carbocycles. The lowest BCUT2D eigenvalue weighted by Gasteiger charge is -2.32. The molecular weight excluding hydrogens is 483 g/mol. The molecule has 8 heteroatoms. The number of nitrogens with zero attached hydrogens (tertiary/aromatic N) is 1. The molecule has 5 nitrogen and oxygen atoms in total. The molecule has 33 heavy (non-hydrogen) atoms. The summed E-state index contributed by atoms with van der Waals surface area (Å²) in [6, 6.07) is 11.5. The van der Waals surface area contributed by atoms with E-state index in [1.54, 1.807) is 47.4 Å². The molecule has 0 aromatic heterocycles. The Kier molecular flexibility index (Phi) is 9.72. The molecule has 0 heterocycles. The Morgan fingerprint density at radius 1 is 1.03 bits per heavy atom. The number of hydrogen-bond acceptors (Lipinski definition) is 3. The molecule has 1 aliphatic rings. The molecule has 0 aliphatic heterocycles. The summed E-state index contributed by atoms with van der Waals surface area (Å²) in [6.45, 7) is 1.92. The third-order valence-corrected chi connectivity index (χ3v) is 6.84. The number of halogens is 3. The number of ether oxygens (including phenoxy) is 1. The van der Waals surface area contributed by atoms with E-state index in [1.165, 1.54) is 6.42 Å². The highest BCUT2D eigenvalue weighted by Gasteiger charge is 2.30. The van der Waals surface area contributed by atoms with Gasteiger partial charge >= 0.3 is 0 Å². The van der Waals surface area contributed by atoms with Gasteiger partial charge in [-0.1, -0.05) is 67.1 Å². The highest BCUT2D eigenvalue weighted by Crippen LogP contribution is 2.25. The lowest BCUT2D eigenvalue weighted by molar-refractivity contribution is -0.143. The molecule has 1 atom stereocenters. The highest BCUT2D eigenvalue weighted by molar-refractivity contribution is 6.42. The van der Waals surface area contributed by atoms with Crippen molar-refractivity contribution >= 4 is 46.6 Å². The maximum atomic E-state index is 13.3. The van der Waals surface area contributed by atoms with Crippen LogP contribution in [0, 0.1) is 0 Å². The molecule has 0 radical (unpaired) electrons. The van der Waals surface area contributed by atoms with E-state index >= 15 is 0 Å². The van der Waals surface area contributed by atoms with Crippen molar-refractivity contribution in [2.75, 3.05) is 6.61 Å². The Morgan fingerprint density at radius 2 is 1.73 bits per heavy atom. The minimum Gasteiger partial charge on any atom is -0.484 e. The Labute approximate surface area is 210 Å². The zero-order valence-corrected chi connectivity index (χ0v) is 20.9. The molecule has 0 bridgehead atoms. The molecule has 0 spiro atoms. The maximum Gasteiger partial charge on any atom is 0.261 e. The molecule has 1 fully saturated rings. The first-order chi connectivity index (χ1) is 15.9. The number of carbonyl (C=O) groups excluding carboxylic acids is 2. The van der Waals surface area contributed by atoms with Crippen LogP contribution in [0.25, 0.3) is 0 Å². The fourth-order valence-corrected chi connectivity index (χ4v) is 4.50. The van der Waals surface area contributed by atoms with Gasteiger partial charge in [0.1, 0.15) is 11.8 Å². The van der Waals surface area contributed by atoms with Gasteiger partial charge in [0, 0.05) is 17.6 Å². The van der Waals surface area contributed by atoms with Crippen LogP contribution in [-0.4, -0.2) is 35.4 Å². The standard InChI is InChI=1S/C25H29Cl3N2O3/c1-2-23(25(32)29-19-6-4-3-5-7-19)30(15-17-8-13-21(27)22(28)14-17)24(31)16-33-20-11-9-18(26)10-12-20/h8-14,19,23H,2-7,15-16H2,1H3,(H,29,32). The van der Waals surface area contributed by atoms with Gasteiger partial charge in [-0.05, 0) is 61.2 Å². The van der Waals surface area contributed by atoms with Crippen LogP contribution in [-0.2, 0) is 16.1 Å². The number of amides is 2.